The van der Waals surface area contributed by atoms with Gasteiger partial charge in [-0.25, -0.2) is 0 Å². The molecule has 1 unspecified atom stereocenters. The number of aliphatic imine (C=N–C) groups is 1. The van der Waals surface area contributed by atoms with Crippen molar-refractivity contribution < 1.29 is 9.53 Å². The fraction of sp³-hybridized carbons (Fsp3) is 0.556. The Balaban J connectivity index is 0.00000338. The highest BCUT2D eigenvalue weighted by atomic mass is 127. The van der Waals surface area contributed by atoms with Crippen LogP contribution < -0.4 is 16.0 Å². The molecule has 1 fully saturated rings. The van der Waals surface area contributed by atoms with Gasteiger partial charge in [0.05, 0.1) is 12.6 Å². The van der Waals surface area contributed by atoms with Gasteiger partial charge < -0.3 is 20.7 Å². The standard InChI is InChI=1S/C18H27BrN4O2.HI/c1-3-20-18(22-12-15-5-4-10-25-15)21-9-8-17(24)23-16-7-6-14(19)11-13(16)2;/h6-7,11,15H,3-5,8-10,12H2,1-2H3,(H,23,24)(H2,20,21,22);1H. The summed E-state index contributed by atoms with van der Waals surface area (Å²) < 4.78 is 6.58. The SMILES string of the molecule is CCNC(=NCC1CCCO1)NCCC(=O)Nc1ccc(Br)cc1C.I. The average molecular weight is 539 g/mol. The van der Waals surface area contributed by atoms with E-state index in [-0.39, 0.29) is 36.0 Å². The van der Waals surface area contributed by atoms with Crippen LogP contribution in [0.3, 0.4) is 0 Å². The highest BCUT2D eigenvalue weighted by Crippen LogP contribution is 2.20. The number of nitrogens with zero attached hydrogens (tertiary/aromatic N) is 1. The quantitative estimate of drug-likeness (QED) is 0.282. The molecule has 1 aliphatic rings. The maximum absolute atomic E-state index is 12.1. The van der Waals surface area contributed by atoms with Gasteiger partial charge in [0.15, 0.2) is 5.96 Å². The molecule has 26 heavy (non-hydrogen) atoms. The number of carbonyl (C=O) groups excluding carboxylic acids is 1. The number of guanidine groups is 1. The number of aryl methyl sites for hydroxylation is 1. The third kappa shape index (κ3) is 8.22. The number of rotatable bonds is 7. The fourth-order valence-electron chi connectivity index (χ4n) is 2.60. The summed E-state index contributed by atoms with van der Waals surface area (Å²) in [7, 11) is 0. The number of halogens is 2. The second-order valence-corrected chi connectivity index (χ2v) is 6.95. The number of benzene rings is 1. The number of hydrogen-bond acceptors (Lipinski definition) is 3. The van der Waals surface area contributed by atoms with Crippen molar-refractivity contribution in [3.8, 4) is 0 Å². The van der Waals surface area contributed by atoms with E-state index in [2.05, 4.69) is 36.9 Å². The Kier molecular flexibility index (Phi) is 11.1. The molecule has 1 amide bonds. The normalized spacial score (nSPS) is 16.7. The molecule has 8 heteroatoms. The van der Waals surface area contributed by atoms with Crippen molar-refractivity contribution in [3.63, 3.8) is 0 Å². The molecule has 1 aromatic rings. The van der Waals surface area contributed by atoms with Crippen LogP contribution in [0.2, 0.25) is 0 Å². The molecule has 0 aromatic heterocycles. The lowest BCUT2D eigenvalue weighted by atomic mass is 10.2. The minimum Gasteiger partial charge on any atom is -0.376 e. The highest BCUT2D eigenvalue weighted by Gasteiger charge is 2.15. The van der Waals surface area contributed by atoms with Gasteiger partial charge in [-0.05, 0) is 50.5 Å². The molecule has 3 N–H and O–H groups in total. The Bertz CT molecular complexity index is 607. The van der Waals surface area contributed by atoms with E-state index in [0.29, 0.717) is 19.5 Å². The molecule has 1 aliphatic heterocycles. The first kappa shape index (κ1) is 23.2. The Morgan fingerprint density at radius 3 is 2.85 bits per heavy atom. The number of carbonyl (C=O) groups is 1. The van der Waals surface area contributed by atoms with Crippen LogP contribution in [-0.2, 0) is 9.53 Å². The van der Waals surface area contributed by atoms with Gasteiger partial charge in [0.2, 0.25) is 5.91 Å². The van der Waals surface area contributed by atoms with Crippen LogP contribution >= 0.6 is 39.9 Å². The molecule has 0 saturated carbocycles. The van der Waals surface area contributed by atoms with Crippen molar-refractivity contribution in [2.45, 2.75) is 39.2 Å². The van der Waals surface area contributed by atoms with E-state index >= 15 is 0 Å². The molecule has 0 radical (unpaired) electrons. The number of hydrogen-bond donors (Lipinski definition) is 3. The molecule has 2 rings (SSSR count). The van der Waals surface area contributed by atoms with Crippen LogP contribution in [0.25, 0.3) is 0 Å². The summed E-state index contributed by atoms with van der Waals surface area (Å²) in [5.74, 6) is 0.707. The van der Waals surface area contributed by atoms with Crippen LogP contribution in [-0.4, -0.2) is 44.2 Å². The second-order valence-electron chi connectivity index (χ2n) is 6.04. The largest absolute Gasteiger partial charge is 0.376 e. The summed E-state index contributed by atoms with van der Waals surface area (Å²) in [4.78, 5) is 16.6. The molecule has 1 heterocycles. The zero-order chi connectivity index (χ0) is 18.1. The highest BCUT2D eigenvalue weighted by molar-refractivity contribution is 14.0. The third-order valence-electron chi connectivity index (χ3n) is 3.93. The molecule has 0 bridgehead atoms. The molecule has 0 spiro atoms. The summed E-state index contributed by atoms with van der Waals surface area (Å²) in [6, 6.07) is 5.80. The third-order valence-corrected chi connectivity index (χ3v) is 4.42. The van der Waals surface area contributed by atoms with E-state index in [9.17, 15) is 4.79 Å². The van der Waals surface area contributed by atoms with Crippen molar-refractivity contribution in [3.05, 3.63) is 28.2 Å². The predicted octanol–water partition coefficient (Wildman–Crippen LogP) is 3.44. The number of nitrogens with one attached hydrogen (secondary N) is 3. The van der Waals surface area contributed by atoms with Crippen LogP contribution in [0.5, 0.6) is 0 Å². The van der Waals surface area contributed by atoms with Gasteiger partial charge >= 0.3 is 0 Å². The topological polar surface area (TPSA) is 74.8 Å². The summed E-state index contributed by atoms with van der Waals surface area (Å²) in [5.41, 5.74) is 1.87. The van der Waals surface area contributed by atoms with Crippen molar-refractivity contribution in [1.82, 2.24) is 10.6 Å². The Hall–Kier alpha value is -0.870. The van der Waals surface area contributed by atoms with E-state index in [0.717, 1.165) is 47.7 Å². The van der Waals surface area contributed by atoms with Gasteiger partial charge in [0, 0.05) is 36.3 Å². The van der Waals surface area contributed by atoms with Crippen LogP contribution in [0, 0.1) is 6.92 Å². The van der Waals surface area contributed by atoms with Crippen LogP contribution in [0.1, 0.15) is 31.7 Å². The monoisotopic (exact) mass is 538 g/mol. The lowest BCUT2D eigenvalue weighted by Crippen LogP contribution is -2.39. The number of ether oxygens (including phenoxy) is 1. The summed E-state index contributed by atoms with van der Waals surface area (Å²) >= 11 is 3.42. The maximum atomic E-state index is 12.1. The smallest absolute Gasteiger partial charge is 0.226 e. The van der Waals surface area contributed by atoms with Gasteiger partial charge in [0.1, 0.15) is 0 Å². The molecular weight excluding hydrogens is 511 g/mol. The second kappa shape index (κ2) is 12.5. The van der Waals surface area contributed by atoms with Crippen molar-refractivity contribution in [1.29, 1.82) is 0 Å². The van der Waals surface area contributed by atoms with Crippen LogP contribution in [0.4, 0.5) is 5.69 Å². The summed E-state index contributed by atoms with van der Waals surface area (Å²) in [6.07, 6.45) is 2.77. The van der Waals surface area contributed by atoms with E-state index in [4.69, 9.17) is 4.74 Å². The van der Waals surface area contributed by atoms with Crippen molar-refractivity contribution in [2.24, 2.45) is 4.99 Å². The molecule has 1 atom stereocenters. The molecule has 146 valence electrons. The zero-order valence-corrected chi connectivity index (χ0v) is 19.2. The van der Waals surface area contributed by atoms with Gasteiger partial charge in [-0.3, -0.25) is 9.79 Å². The molecule has 1 saturated heterocycles. The Morgan fingerprint density at radius 2 is 2.19 bits per heavy atom. The van der Waals surface area contributed by atoms with E-state index in [1.54, 1.807) is 0 Å². The number of anilines is 1. The first-order chi connectivity index (χ1) is 12.1. The molecular formula is C18H28BrIN4O2. The van der Waals surface area contributed by atoms with Gasteiger partial charge in [0.25, 0.3) is 0 Å². The van der Waals surface area contributed by atoms with Crippen molar-refractivity contribution >= 4 is 57.5 Å². The molecule has 6 nitrogen and oxygen atoms in total. The van der Waals surface area contributed by atoms with E-state index in [1.807, 2.05) is 32.0 Å². The predicted molar refractivity (Wildman–Crippen MR) is 120 cm³/mol. The average Bonchev–Trinajstić information content (AvgIpc) is 3.09. The fourth-order valence-corrected chi connectivity index (χ4v) is 3.07. The summed E-state index contributed by atoms with van der Waals surface area (Å²) in [5, 5.41) is 9.33. The lowest BCUT2D eigenvalue weighted by Gasteiger charge is -2.13. The minimum atomic E-state index is -0.0205. The Morgan fingerprint density at radius 1 is 1.38 bits per heavy atom. The maximum Gasteiger partial charge on any atom is 0.226 e. The van der Waals surface area contributed by atoms with Crippen molar-refractivity contribution in [2.75, 3.05) is 31.6 Å². The summed E-state index contributed by atoms with van der Waals surface area (Å²) in [6.45, 7) is 6.78. The van der Waals surface area contributed by atoms with Gasteiger partial charge in [-0.2, -0.15) is 0 Å². The zero-order valence-electron chi connectivity index (χ0n) is 15.3. The molecule has 1 aromatic carbocycles. The van der Waals surface area contributed by atoms with E-state index < -0.39 is 0 Å². The number of amides is 1. The van der Waals surface area contributed by atoms with Gasteiger partial charge in [-0.15, -0.1) is 24.0 Å². The van der Waals surface area contributed by atoms with E-state index in [1.165, 1.54) is 0 Å². The Labute approximate surface area is 181 Å². The first-order valence-corrected chi connectivity index (χ1v) is 9.57. The first-order valence-electron chi connectivity index (χ1n) is 8.78. The molecule has 0 aliphatic carbocycles. The lowest BCUT2D eigenvalue weighted by molar-refractivity contribution is -0.116. The van der Waals surface area contributed by atoms with Gasteiger partial charge in [-0.1, -0.05) is 15.9 Å². The minimum absolute atomic E-state index is 0. The van der Waals surface area contributed by atoms with Crippen LogP contribution in [0.15, 0.2) is 27.7 Å².